The number of ether oxygens (including phenoxy) is 2. The maximum absolute atomic E-state index is 4.99. The van der Waals surface area contributed by atoms with Crippen LogP contribution in [0.1, 0.15) is 10.7 Å². The van der Waals surface area contributed by atoms with Gasteiger partial charge < -0.3 is 14.8 Å². The number of thiazole rings is 1. The van der Waals surface area contributed by atoms with E-state index in [4.69, 9.17) is 9.47 Å². The Kier molecular flexibility index (Phi) is 5.70. The van der Waals surface area contributed by atoms with Crippen LogP contribution in [0.25, 0.3) is 0 Å². The summed E-state index contributed by atoms with van der Waals surface area (Å²) in [5.41, 5.74) is 1.00. The zero-order valence-electron chi connectivity index (χ0n) is 8.58. The lowest BCUT2D eigenvalue weighted by atomic mass is 10.5. The summed E-state index contributed by atoms with van der Waals surface area (Å²) in [6.07, 6.45) is 0. The number of methoxy groups -OCH3 is 2. The molecule has 0 fully saturated rings. The van der Waals surface area contributed by atoms with Crippen molar-refractivity contribution in [1.82, 2.24) is 10.3 Å². The summed E-state index contributed by atoms with van der Waals surface area (Å²) < 4.78 is 9.91. The summed E-state index contributed by atoms with van der Waals surface area (Å²) in [4.78, 5) is 4.39. The van der Waals surface area contributed by atoms with E-state index in [0.717, 1.165) is 30.4 Å². The fourth-order valence-corrected chi connectivity index (χ4v) is 1.76. The van der Waals surface area contributed by atoms with E-state index in [1.165, 1.54) is 0 Å². The fraction of sp³-hybridized carbons (Fsp3) is 0.667. The van der Waals surface area contributed by atoms with E-state index in [9.17, 15) is 0 Å². The van der Waals surface area contributed by atoms with Gasteiger partial charge in [0.05, 0.1) is 18.9 Å². The van der Waals surface area contributed by atoms with Crippen LogP contribution in [-0.2, 0) is 22.6 Å². The van der Waals surface area contributed by atoms with Crippen LogP contribution in [-0.4, -0.2) is 32.4 Å². The first-order valence-electron chi connectivity index (χ1n) is 4.48. The molecular formula is C9H16N2O2S. The summed E-state index contributed by atoms with van der Waals surface area (Å²) in [5, 5.41) is 6.36. The number of hydrogen-bond donors (Lipinski definition) is 1. The molecule has 14 heavy (non-hydrogen) atoms. The van der Waals surface area contributed by atoms with Gasteiger partial charge >= 0.3 is 0 Å². The van der Waals surface area contributed by atoms with Crippen LogP contribution < -0.4 is 5.32 Å². The smallest absolute Gasteiger partial charge is 0.107 e. The van der Waals surface area contributed by atoms with E-state index in [-0.39, 0.29) is 0 Å². The molecule has 80 valence electrons. The van der Waals surface area contributed by atoms with Crippen LogP contribution in [0.2, 0.25) is 0 Å². The van der Waals surface area contributed by atoms with Gasteiger partial charge in [0.2, 0.25) is 0 Å². The van der Waals surface area contributed by atoms with Crippen LogP contribution in [0.3, 0.4) is 0 Å². The van der Waals surface area contributed by atoms with E-state index in [1.54, 1.807) is 25.6 Å². The summed E-state index contributed by atoms with van der Waals surface area (Å²) in [6, 6.07) is 0. The Morgan fingerprint density at radius 1 is 1.43 bits per heavy atom. The van der Waals surface area contributed by atoms with Crippen LogP contribution in [0.5, 0.6) is 0 Å². The van der Waals surface area contributed by atoms with E-state index < -0.39 is 0 Å². The van der Waals surface area contributed by atoms with Gasteiger partial charge in [-0.2, -0.15) is 0 Å². The molecular weight excluding hydrogens is 200 g/mol. The molecule has 5 heteroatoms. The van der Waals surface area contributed by atoms with Crippen LogP contribution >= 0.6 is 11.3 Å². The molecule has 0 radical (unpaired) electrons. The minimum absolute atomic E-state index is 0.592. The molecule has 0 amide bonds. The van der Waals surface area contributed by atoms with Crippen molar-refractivity contribution >= 4 is 11.3 Å². The van der Waals surface area contributed by atoms with Crippen molar-refractivity contribution in [3.8, 4) is 0 Å². The van der Waals surface area contributed by atoms with E-state index in [0.29, 0.717) is 6.61 Å². The number of nitrogens with zero attached hydrogens (tertiary/aromatic N) is 1. The minimum Gasteiger partial charge on any atom is -0.383 e. The topological polar surface area (TPSA) is 43.4 Å². The van der Waals surface area contributed by atoms with Gasteiger partial charge in [0, 0.05) is 32.7 Å². The third-order valence-electron chi connectivity index (χ3n) is 1.65. The highest BCUT2D eigenvalue weighted by Crippen LogP contribution is 2.09. The first-order valence-corrected chi connectivity index (χ1v) is 5.36. The molecule has 0 aliphatic heterocycles. The van der Waals surface area contributed by atoms with Crippen molar-refractivity contribution in [3.63, 3.8) is 0 Å². The van der Waals surface area contributed by atoms with Gasteiger partial charge in [-0.05, 0) is 0 Å². The highest BCUT2D eigenvalue weighted by atomic mass is 32.1. The van der Waals surface area contributed by atoms with Gasteiger partial charge in [-0.3, -0.25) is 0 Å². The molecule has 0 aromatic carbocycles. The average Bonchev–Trinajstić information content (AvgIpc) is 2.61. The molecule has 0 spiro atoms. The van der Waals surface area contributed by atoms with Crippen molar-refractivity contribution in [2.75, 3.05) is 27.4 Å². The average molecular weight is 216 g/mol. The van der Waals surface area contributed by atoms with Crippen LogP contribution in [0, 0.1) is 0 Å². The maximum atomic E-state index is 4.99. The van der Waals surface area contributed by atoms with Gasteiger partial charge in [-0.1, -0.05) is 0 Å². The quantitative estimate of drug-likeness (QED) is 0.691. The van der Waals surface area contributed by atoms with Gasteiger partial charge in [0.1, 0.15) is 5.01 Å². The molecule has 1 aromatic rings. The third-order valence-corrected chi connectivity index (χ3v) is 2.55. The largest absolute Gasteiger partial charge is 0.383 e. The molecule has 1 heterocycles. The molecule has 4 nitrogen and oxygen atoms in total. The summed E-state index contributed by atoms with van der Waals surface area (Å²) in [5.74, 6) is 0. The summed E-state index contributed by atoms with van der Waals surface area (Å²) in [6.45, 7) is 2.98. The van der Waals surface area contributed by atoms with Gasteiger partial charge in [-0.15, -0.1) is 11.3 Å². The summed E-state index contributed by atoms with van der Waals surface area (Å²) >= 11 is 1.65. The SMILES string of the molecule is COCCNCc1nc(COC)cs1. The molecule has 0 bridgehead atoms. The lowest BCUT2D eigenvalue weighted by molar-refractivity contribution is 0.182. The second-order valence-electron chi connectivity index (χ2n) is 2.84. The second kappa shape index (κ2) is 6.89. The molecule has 0 saturated heterocycles. The van der Waals surface area contributed by atoms with E-state index >= 15 is 0 Å². The first kappa shape index (κ1) is 11.6. The first-order chi connectivity index (χ1) is 6.86. The predicted molar refractivity (Wildman–Crippen MR) is 56.4 cm³/mol. The number of aromatic nitrogens is 1. The zero-order valence-corrected chi connectivity index (χ0v) is 9.39. The summed E-state index contributed by atoms with van der Waals surface area (Å²) in [7, 11) is 3.37. The van der Waals surface area contributed by atoms with Crippen molar-refractivity contribution in [2.24, 2.45) is 0 Å². The Balaban J connectivity index is 2.22. The molecule has 1 aromatic heterocycles. The Labute approximate surface area is 88.3 Å². The van der Waals surface area contributed by atoms with Gasteiger partial charge in [-0.25, -0.2) is 4.98 Å². The third kappa shape index (κ3) is 4.15. The molecule has 0 unspecified atom stereocenters. The van der Waals surface area contributed by atoms with Crippen LogP contribution in [0.15, 0.2) is 5.38 Å². The second-order valence-corrected chi connectivity index (χ2v) is 3.78. The van der Waals surface area contributed by atoms with Crippen molar-refractivity contribution in [1.29, 1.82) is 0 Å². The molecule has 0 atom stereocenters. The van der Waals surface area contributed by atoms with Crippen molar-refractivity contribution in [2.45, 2.75) is 13.2 Å². The Bertz CT molecular complexity index is 253. The molecule has 1 N–H and O–H groups in total. The highest BCUT2D eigenvalue weighted by Gasteiger charge is 2.00. The number of rotatable bonds is 7. The van der Waals surface area contributed by atoms with Crippen LogP contribution in [0.4, 0.5) is 0 Å². The molecule has 0 aliphatic carbocycles. The lowest BCUT2D eigenvalue weighted by Crippen LogP contribution is -2.18. The van der Waals surface area contributed by atoms with Crippen molar-refractivity contribution in [3.05, 3.63) is 16.1 Å². The standard InChI is InChI=1S/C9H16N2O2S/c1-12-4-3-10-5-9-11-8(6-13-2)7-14-9/h7,10H,3-6H2,1-2H3. The van der Waals surface area contributed by atoms with Gasteiger partial charge in [0.15, 0.2) is 0 Å². The molecule has 0 aliphatic rings. The Morgan fingerprint density at radius 2 is 2.29 bits per heavy atom. The van der Waals surface area contributed by atoms with Gasteiger partial charge in [0.25, 0.3) is 0 Å². The highest BCUT2D eigenvalue weighted by molar-refractivity contribution is 7.09. The lowest BCUT2D eigenvalue weighted by Gasteiger charge is -2.00. The fourth-order valence-electron chi connectivity index (χ4n) is 1.01. The Hall–Kier alpha value is -0.490. The maximum Gasteiger partial charge on any atom is 0.107 e. The monoisotopic (exact) mass is 216 g/mol. The zero-order chi connectivity index (χ0) is 10.2. The van der Waals surface area contributed by atoms with E-state index in [1.807, 2.05) is 5.38 Å². The number of hydrogen-bond acceptors (Lipinski definition) is 5. The molecule has 0 saturated carbocycles. The normalized spacial score (nSPS) is 10.7. The number of nitrogens with one attached hydrogen (secondary N) is 1. The minimum atomic E-state index is 0.592. The molecule has 1 rings (SSSR count). The van der Waals surface area contributed by atoms with Crippen molar-refractivity contribution < 1.29 is 9.47 Å². The Morgan fingerprint density at radius 3 is 3.00 bits per heavy atom. The predicted octanol–water partition coefficient (Wildman–Crippen LogP) is 1.03. The van der Waals surface area contributed by atoms with E-state index in [2.05, 4.69) is 10.3 Å².